The first-order chi connectivity index (χ1) is 10.8. The van der Waals surface area contributed by atoms with Crippen molar-refractivity contribution in [1.29, 1.82) is 0 Å². The zero-order valence-electron chi connectivity index (χ0n) is 14.4. The van der Waals surface area contributed by atoms with Gasteiger partial charge in [0.25, 0.3) is 0 Å². The van der Waals surface area contributed by atoms with E-state index in [1.165, 1.54) is 76.7 Å². The Balaban J connectivity index is 1.49. The van der Waals surface area contributed by atoms with Crippen molar-refractivity contribution in [3.8, 4) is 0 Å². The predicted octanol–water partition coefficient (Wildman–Crippen LogP) is 4.01. The Kier molecular flexibility index (Phi) is 5.51. The smallest absolute Gasteiger partial charge is 0.0858 e. The maximum Gasteiger partial charge on any atom is 0.0858 e. The summed E-state index contributed by atoms with van der Waals surface area (Å²) in [6.07, 6.45) is 12.7. The molecule has 1 saturated carbocycles. The van der Waals surface area contributed by atoms with Crippen LogP contribution in [0.15, 0.2) is 6.20 Å². The third-order valence-electron chi connectivity index (χ3n) is 5.58. The van der Waals surface area contributed by atoms with Crippen LogP contribution in [0.2, 0.25) is 0 Å². The SMILES string of the molecule is CCC[C@H](C)CN1CCC(n2cc(C3CCCC3)nn2)CC1. The molecule has 1 aromatic heterocycles. The van der Waals surface area contributed by atoms with E-state index in [2.05, 4.69) is 39.9 Å². The second-order valence-corrected chi connectivity index (χ2v) is 7.53. The number of hydrogen-bond acceptors (Lipinski definition) is 3. The van der Waals surface area contributed by atoms with E-state index < -0.39 is 0 Å². The molecule has 0 aromatic carbocycles. The van der Waals surface area contributed by atoms with Gasteiger partial charge in [-0.15, -0.1) is 5.10 Å². The Morgan fingerprint density at radius 2 is 1.91 bits per heavy atom. The van der Waals surface area contributed by atoms with E-state index in [9.17, 15) is 0 Å². The highest BCUT2D eigenvalue weighted by Gasteiger charge is 2.25. The van der Waals surface area contributed by atoms with E-state index in [-0.39, 0.29) is 0 Å². The van der Waals surface area contributed by atoms with E-state index in [1.807, 2.05) is 0 Å². The van der Waals surface area contributed by atoms with Gasteiger partial charge in [-0.25, -0.2) is 4.68 Å². The average molecular weight is 304 g/mol. The molecular weight excluding hydrogens is 272 g/mol. The van der Waals surface area contributed by atoms with Crippen molar-refractivity contribution < 1.29 is 0 Å². The first kappa shape index (κ1) is 16.0. The number of rotatable bonds is 6. The number of hydrogen-bond donors (Lipinski definition) is 0. The molecule has 1 aromatic rings. The van der Waals surface area contributed by atoms with Crippen molar-refractivity contribution in [2.24, 2.45) is 5.92 Å². The van der Waals surface area contributed by atoms with Gasteiger partial charge in [-0.1, -0.05) is 38.3 Å². The molecular formula is C18H32N4. The van der Waals surface area contributed by atoms with Gasteiger partial charge in [0.1, 0.15) is 0 Å². The van der Waals surface area contributed by atoms with Gasteiger partial charge < -0.3 is 4.90 Å². The lowest BCUT2D eigenvalue weighted by Gasteiger charge is -2.33. The highest BCUT2D eigenvalue weighted by molar-refractivity contribution is 5.04. The molecule has 1 saturated heterocycles. The van der Waals surface area contributed by atoms with Crippen molar-refractivity contribution in [3.05, 3.63) is 11.9 Å². The normalized spacial score (nSPS) is 23.2. The Hall–Kier alpha value is -0.900. The zero-order valence-corrected chi connectivity index (χ0v) is 14.4. The Labute approximate surface area is 135 Å². The lowest BCUT2D eigenvalue weighted by Crippen LogP contribution is -2.37. The molecule has 2 heterocycles. The summed E-state index contributed by atoms with van der Waals surface area (Å²) in [5, 5.41) is 8.91. The van der Waals surface area contributed by atoms with Gasteiger partial charge in [0.2, 0.25) is 0 Å². The molecule has 3 rings (SSSR count). The van der Waals surface area contributed by atoms with E-state index in [0.717, 1.165) is 5.92 Å². The topological polar surface area (TPSA) is 34.0 Å². The summed E-state index contributed by atoms with van der Waals surface area (Å²) in [4.78, 5) is 2.64. The summed E-state index contributed by atoms with van der Waals surface area (Å²) in [6, 6.07) is 0.570. The zero-order chi connectivity index (χ0) is 15.4. The summed E-state index contributed by atoms with van der Waals surface area (Å²) in [6.45, 7) is 8.39. The second kappa shape index (κ2) is 7.58. The van der Waals surface area contributed by atoms with Crippen LogP contribution >= 0.6 is 0 Å². The molecule has 2 fully saturated rings. The van der Waals surface area contributed by atoms with Gasteiger partial charge in [-0.05, 0) is 38.0 Å². The lowest BCUT2D eigenvalue weighted by molar-refractivity contribution is 0.157. The largest absolute Gasteiger partial charge is 0.303 e. The molecule has 0 unspecified atom stereocenters. The van der Waals surface area contributed by atoms with Crippen LogP contribution in [0.3, 0.4) is 0 Å². The standard InChI is InChI=1S/C18H32N4/c1-3-6-15(2)13-21-11-9-17(10-12-21)22-14-18(19-20-22)16-7-4-5-8-16/h14-17H,3-13H2,1-2H3/t15-/m0/s1. The van der Waals surface area contributed by atoms with Gasteiger partial charge in [0.05, 0.1) is 11.7 Å². The molecule has 2 aliphatic rings. The van der Waals surface area contributed by atoms with Gasteiger partial charge >= 0.3 is 0 Å². The predicted molar refractivity (Wildman–Crippen MR) is 90.0 cm³/mol. The number of aromatic nitrogens is 3. The average Bonchev–Trinajstić information content (AvgIpc) is 3.19. The molecule has 22 heavy (non-hydrogen) atoms. The Bertz CT molecular complexity index is 442. The van der Waals surface area contributed by atoms with Crippen LogP contribution < -0.4 is 0 Å². The minimum atomic E-state index is 0.570. The van der Waals surface area contributed by atoms with Crippen LogP contribution in [-0.2, 0) is 0 Å². The maximum absolute atomic E-state index is 4.46. The van der Waals surface area contributed by atoms with E-state index in [1.54, 1.807) is 0 Å². The number of nitrogens with zero attached hydrogens (tertiary/aromatic N) is 4. The van der Waals surface area contributed by atoms with Crippen LogP contribution in [0.5, 0.6) is 0 Å². The Morgan fingerprint density at radius 3 is 2.59 bits per heavy atom. The third kappa shape index (κ3) is 3.89. The molecule has 0 amide bonds. The lowest BCUT2D eigenvalue weighted by atomic mass is 10.0. The molecule has 0 bridgehead atoms. The van der Waals surface area contributed by atoms with Gasteiger partial charge in [-0.3, -0.25) is 0 Å². The molecule has 0 N–H and O–H groups in total. The maximum atomic E-state index is 4.46. The van der Waals surface area contributed by atoms with Crippen LogP contribution in [-0.4, -0.2) is 39.5 Å². The quantitative estimate of drug-likeness (QED) is 0.796. The Morgan fingerprint density at radius 1 is 1.18 bits per heavy atom. The molecule has 1 aliphatic carbocycles. The molecule has 4 heteroatoms. The molecule has 124 valence electrons. The van der Waals surface area contributed by atoms with Crippen molar-refractivity contribution in [2.45, 2.75) is 77.2 Å². The van der Waals surface area contributed by atoms with Crippen LogP contribution in [0, 0.1) is 5.92 Å². The third-order valence-corrected chi connectivity index (χ3v) is 5.58. The molecule has 1 atom stereocenters. The molecule has 1 aliphatic heterocycles. The highest BCUT2D eigenvalue weighted by Crippen LogP contribution is 2.33. The summed E-state index contributed by atoms with van der Waals surface area (Å²) < 4.78 is 2.17. The van der Waals surface area contributed by atoms with Crippen molar-refractivity contribution in [3.63, 3.8) is 0 Å². The van der Waals surface area contributed by atoms with E-state index in [0.29, 0.717) is 12.0 Å². The molecule has 0 spiro atoms. The van der Waals surface area contributed by atoms with Gasteiger partial charge in [0.15, 0.2) is 0 Å². The summed E-state index contributed by atoms with van der Waals surface area (Å²) >= 11 is 0. The van der Waals surface area contributed by atoms with Crippen molar-refractivity contribution >= 4 is 0 Å². The fraction of sp³-hybridized carbons (Fsp3) is 0.889. The van der Waals surface area contributed by atoms with E-state index in [4.69, 9.17) is 0 Å². The van der Waals surface area contributed by atoms with E-state index >= 15 is 0 Å². The second-order valence-electron chi connectivity index (χ2n) is 7.53. The number of likely N-dealkylation sites (tertiary alicyclic amines) is 1. The highest BCUT2D eigenvalue weighted by atomic mass is 15.4. The summed E-state index contributed by atoms with van der Waals surface area (Å²) in [5.74, 6) is 1.52. The van der Waals surface area contributed by atoms with Crippen LogP contribution in [0.4, 0.5) is 0 Å². The first-order valence-electron chi connectivity index (χ1n) is 9.40. The van der Waals surface area contributed by atoms with Gasteiger partial charge in [-0.2, -0.15) is 0 Å². The minimum absolute atomic E-state index is 0.570. The fourth-order valence-corrected chi connectivity index (χ4v) is 4.27. The van der Waals surface area contributed by atoms with Crippen molar-refractivity contribution in [2.75, 3.05) is 19.6 Å². The molecule has 4 nitrogen and oxygen atoms in total. The van der Waals surface area contributed by atoms with Crippen LogP contribution in [0.1, 0.15) is 82.9 Å². The first-order valence-corrected chi connectivity index (χ1v) is 9.40. The van der Waals surface area contributed by atoms with Crippen molar-refractivity contribution in [1.82, 2.24) is 19.9 Å². The minimum Gasteiger partial charge on any atom is -0.303 e. The monoisotopic (exact) mass is 304 g/mol. The summed E-state index contributed by atoms with van der Waals surface area (Å²) in [5.41, 5.74) is 1.25. The summed E-state index contributed by atoms with van der Waals surface area (Å²) in [7, 11) is 0. The number of piperidine rings is 1. The van der Waals surface area contributed by atoms with Gasteiger partial charge in [0, 0.05) is 31.7 Å². The van der Waals surface area contributed by atoms with Crippen LogP contribution in [0.25, 0.3) is 0 Å². The molecule has 0 radical (unpaired) electrons. The fourth-order valence-electron chi connectivity index (χ4n) is 4.27.